The Kier molecular flexibility index (Phi) is 4.71. The minimum absolute atomic E-state index is 1.11. The summed E-state index contributed by atoms with van der Waals surface area (Å²) in [4.78, 5) is 4.86. The van der Waals surface area contributed by atoms with Gasteiger partial charge in [-0.15, -0.1) is 11.3 Å². The number of nitrogens with zero attached hydrogens (tertiary/aromatic N) is 1. The lowest BCUT2D eigenvalue weighted by Gasteiger charge is -2.34. The molecule has 0 unspecified atom stereocenters. The van der Waals surface area contributed by atoms with Crippen LogP contribution in [-0.2, 0) is 0 Å². The Morgan fingerprint density at radius 2 is 1.03 bits per heavy atom. The molecule has 0 radical (unpaired) electrons. The van der Waals surface area contributed by atoms with E-state index in [-0.39, 0.29) is 0 Å². The molecule has 0 bridgehead atoms. The highest BCUT2D eigenvalue weighted by atomic mass is 32.1. The zero-order valence-corrected chi connectivity index (χ0v) is 19.3. The van der Waals surface area contributed by atoms with Crippen LogP contribution in [-0.4, -0.2) is 13.1 Å². The van der Waals surface area contributed by atoms with Gasteiger partial charge in [-0.05, 0) is 32.9 Å². The molecule has 0 fully saturated rings. The number of thiophene rings is 1. The Hall–Kier alpha value is -3.53. The lowest BCUT2D eigenvalue weighted by atomic mass is 10.2. The first-order chi connectivity index (χ1) is 15.9. The second-order valence-corrected chi connectivity index (χ2v) is 12.8. The Labute approximate surface area is 192 Å². The predicted molar refractivity (Wildman–Crippen MR) is 141 cm³/mol. The Bertz CT molecular complexity index is 1410. The van der Waals surface area contributed by atoms with Crippen LogP contribution in [0.15, 0.2) is 128 Å². The van der Waals surface area contributed by atoms with Crippen LogP contribution < -0.4 is 20.7 Å². The number of fused-ring (bicyclic) bond motifs is 3. The van der Waals surface area contributed by atoms with Crippen LogP contribution in [0.5, 0.6) is 0 Å². The van der Waals surface area contributed by atoms with Crippen molar-refractivity contribution >= 4 is 60.5 Å². The third-order valence-corrected chi connectivity index (χ3v) is 12.5. The molecule has 2 heterocycles. The number of pyridine rings is 1. The maximum Gasteiger partial charge on any atom is 0.181 e. The summed E-state index contributed by atoms with van der Waals surface area (Å²) in [6, 6.07) is 44.1. The zero-order valence-electron chi connectivity index (χ0n) is 17.5. The molecule has 3 heteroatoms. The summed E-state index contributed by atoms with van der Waals surface area (Å²) in [6.45, 7) is 0. The summed E-state index contributed by atoms with van der Waals surface area (Å²) in [5.74, 6) is 0. The van der Waals surface area contributed by atoms with Crippen molar-refractivity contribution in [1.82, 2.24) is 4.98 Å². The summed E-state index contributed by atoms with van der Waals surface area (Å²) < 4.78 is 2.59. The van der Waals surface area contributed by atoms with Crippen LogP contribution in [0.4, 0.5) is 0 Å². The molecule has 0 aliphatic rings. The normalized spacial score (nSPS) is 11.8. The topological polar surface area (TPSA) is 12.9 Å². The minimum atomic E-state index is -2.56. The third kappa shape index (κ3) is 2.86. The van der Waals surface area contributed by atoms with Crippen molar-refractivity contribution in [1.29, 1.82) is 0 Å². The molecule has 0 amide bonds. The first-order valence-electron chi connectivity index (χ1n) is 10.8. The molecule has 152 valence electrons. The van der Waals surface area contributed by atoms with E-state index in [1.807, 2.05) is 17.5 Å². The maximum absolute atomic E-state index is 4.86. The smallest absolute Gasteiger partial charge is 0.181 e. The monoisotopic (exact) mass is 443 g/mol. The number of rotatable bonds is 4. The highest BCUT2D eigenvalue weighted by Gasteiger charge is 2.42. The van der Waals surface area contributed by atoms with Crippen molar-refractivity contribution in [3.05, 3.63) is 128 Å². The summed E-state index contributed by atoms with van der Waals surface area (Å²) in [6.07, 6.45) is 2.01. The molecule has 2 aromatic heterocycles. The maximum atomic E-state index is 4.86. The van der Waals surface area contributed by atoms with Gasteiger partial charge in [-0.1, -0.05) is 109 Å². The quantitative estimate of drug-likeness (QED) is 0.281. The van der Waals surface area contributed by atoms with Crippen LogP contribution in [0.3, 0.4) is 0 Å². The van der Waals surface area contributed by atoms with Crippen LogP contribution in [0.1, 0.15) is 0 Å². The Balaban J connectivity index is 1.82. The first kappa shape index (κ1) is 19.2. The Morgan fingerprint density at radius 3 is 1.59 bits per heavy atom. The fourth-order valence-electron chi connectivity index (χ4n) is 4.93. The van der Waals surface area contributed by atoms with E-state index < -0.39 is 8.07 Å². The van der Waals surface area contributed by atoms with Crippen molar-refractivity contribution in [2.45, 2.75) is 0 Å². The summed E-state index contributed by atoms with van der Waals surface area (Å²) >= 11 is 1.87. The van der Waals surface area contributed by atoms with E-state index >= 15 is 0 Å². The molecule has 1 nitrogen and oxygen atoms in total. The van der Waals surface area contributed by atoms with Crippen LogP contribution in [0, 0.1) is 0 Å². The second kappa shape index (κ2) is 7.86. The van der Waals surface area contributed by atoms with Gasteiger partial charge in [-0.3, -0.25) is 4.98 Å². The van der Waals surface area contributed by atoms with E-state index in [1.165, 1.54) is 35.5 Å². The van der Waals surface area contributed by atoms with Gasteiger partial charge in [0, 0.05) is 16.3 Å². The van der Waals surface area contributed by atoms with Crippen molar-refractivity contribution in [2.24, 2.45) is 0 Å². The summed E-state index contributed by atoms with van der Waals surface area (Å²) in [5, 5.41) is 6.82. The van der Waals surface area contributed by atoms with E-state index in [2.05, 4.69) is 121 Å². The highest BCUT2D eigenvalue weighted by molar-refractivity contribution is 7.30. The number of hydrogen-bond donors (Lipinski definition) is 0. The van der Waals surface area contributed by atoms with Crippen LogP contribution in [0.2, 0.25) is 0 Å². The Morgan fingerprint density at radius 1 is 0.531 bits per heavy atom. The lowest BCUT2D eigenvalue weighted by Crippen LogP contribution is -2.74. The minimum Gasteiger partial charge on any atom is -0.255 e. The molecule has 0 aliphatic carbocycles. The van der Waals surface area contributed by atoms with Gasteiger partial charge < -0.3 is 0 Å². The molecule has 6 aromatic rings. The SMILES string of the molecule is c1ccc([Si](c2ccccc2)(c2ccccc2)c2ccnc3c2sc2ccccc23)cc1. The van der Waals surface area contributed by atoms with E-state index in [0.29, 0.717) is 0 Å². The summed E-state index contributed by atoms with van der Waals surface area (Å²) in [5.41, 5.74) is 1.11. The van der Waals surface area contributed by atoms with Crippen molar-refractivity contribution in [3.8, 4) is 0 Å². The van der Waals surface area contributed by atoms with Crippen LogP contribution in [0.25, 0.3) is 20.3 Å². The number of benzene rings is 4. The highest BCUT2D eigenvalue weighted by Crippen LogP contribution is 2.32. The first-order valence-corrected chi connectivity index (χ1v) is 13.6. The predicted octanol–water partition coefficient (Wildman–Crippen LogP) is 4.83. The molecule has 4 aromatic carbocycles. The van der Waals surface area contributed by atoms with E-state index in [4.69, 9.17) is 4.98 Å². The van der Waals surface area contributed by atoms with Gasteiger partial charge in [0.2, 0.25) is 0 Å². The van der Waals surface area contributed by atoms with Gasteiger partial charge in [0.15, 0.2) is 8.07 Å². The molecular formula is C29H21NSSi. The molecule has 32 heavy (non-hydrogen) atoms. The lowest BCUT2D eigenvalue weighted by molar-refractivity contribution is 1.44. The molecule has 0 aliphatic heterocycles. The van der Waals surface area contributed by atoms with Gasteiger partial charge in [0.1, 0.15) is 0 Å². The molecular weight excluding hydrogens is 422 g/mol. The van der Waals surface area contributed by atoms with Crippen molar-refractivity contribution < 1.29 is 0 Å². The zero-order chi connectivity index (χ0) is 21.4. The molecule has 0 spiro atoms. The van der Waals surface area contributed by atoms with E-state index in [1.54, 1.807) is 0 Å². The molecule has 6 rings (SSSR count). The van der Waals surface area contributed by atoms with Gasteiger partial charge in [-0.2, -0.15) is 0 Å². The third-order valence-electron chi connectivity index (χ3n) is 6.28. The van der Waals surface area contributed by atoms with Gasteiger partial charge in [-0.25, -0.2) is 0 Å². The molecule has 0 N–H and O–H groups in total. The van der Waals surface area contributed by atoms with Gasteiger partial charge >= 0.3 is 0 Å². The van der Waals surface area contributed by atoms with E-state index in [9.17, 15) is 0 Å². The fourth-order valence-corrected chi connectivity index (χ4v) is 11.4. The van der Waals surface area contributed by atoms with Gasteiger partial charge in [0.05, 0.1) is 10.2 Å². The van der Waals surface area contributed by atoms with Crippen molar-refractivity contribution in [2.75, 3.05) is 0 Å². The summed E-state index contributed by atoms with van der Waals surface area (Å²) in [7, 11) is -2.56. The average molecular weight is 444 g/mol. The standard InChI is InChI=1S/C29H21NSSi/c1-4-12-22(13-5-1)32(23-14-6-2-7-15-23,24-16-8-3-9-17-24)27-20-21-30-28-25-18-10-11-19-26(25)31-29(27)28/h1-21H. The van der Waals surface area contributed by atoms with Crippen molar-refractivity contribution in [3.63, 3.8) is 0 Å². The average Bonchev–Trinajstić information content (AvgIpc) is 3.26. The number of hydrogen-bond acceptors (Lipinski definition) is 2. The molecule has 0 atom stereocenters. The van der Waals surface area contributed by atoms with Gasteiger partial charge in [0.25, 0.3) is 0 Å². The largest absolute Gasteiger partial charge is 0.255 e. The molecule has 0 saturated heterocycles. The fraction of sp³-hybridized carbons (Fsp3) is 0. The molecule has 0 saturated carbocycles. The second-order valence-electron chi connectivity index (χ2n) is 7.98. The number of aromatic nitrogens is 1. The van der Waals surface area contributed by atoms with E-state index in [0.717, 1.165) is 5.52 Å². The van der Waals surface area contributed by atoms with Crippen LogP contribution >= 0.6 is 11.3 Å².